The molecule has 0 aliphatic carbocycles. The fraction of sp³-hybridized carbons (Fsp3) is 0.167. The van der Waals surface area contributed by atoms with E-state index in [0.717, 1.165) is 11.3 Å². The first kappa shape index (κ1) is 9.89. The van der Waals surface area contributed by atoms with Gasteiger partial charge in [-0.05, 0) is 12.1 Å². The van der Waals surface area contributed by atoms with Crippen LogP contribution in [0.1, 0.15) is 11.6 Å². The minimum atomic E-state index is -0.141. The van der Waals surface area contributed by atoms with Crippen LogP contribution in [0.15, 0.2) is 48.1 Å². The Bertz CT molecular complexity index is 549. The van der Waals surface area contributed by atoms with E-state index in [1.54, 1.807) is 12.5 Å². The Hall–Kier alpha value is -2.30. The third-order valence-corrected chi connectivity index (χ3v) is 2.87. The summed E-state index contributed by atoms with van der Waals surface area (Å²) in [7, 11) is 0. The molecule has 17 heavy (non-hydrogen) atoms. The van der Waals surface area contributed by atoms with E-state index in [-0.39, 0.29) is 6.04 Å². The van der Waals surface area contributed by atoms with Crippen LogP contribution in [-0.4, -0.2) is 27.1 Å². The van der Waals surface area contributed by atoms with Gasteiger partial charge in [-0.2, -0.15) is 0 Å². The van der Waals surface area contributed by atoms with Gasteiger partial charge in [0.05, 0.1) is 6.33 Å². The Morgan fingerprint density at radius 2 is 2.29 bits per heavy atom. The number of oxime groups is 1. The predicted octanol–water partition coefficient (Wildman–Crippen LogP) is 1.70. The number of nitrogens with zero attached hydrogens (tertiary/aromatic N) is 3. The highest BCUT2D eigenvalue weighted by Crippen LogP contribution is 2.29. The minimum absolute atomic E-state index is 0.141. The van der Waals surface area contributed by atoms with Gasteiger partial charge in [0, 0.05) is 18.0 Å². The molecule has 0 bridgehead atoms. The van der Waals surface area contributed by atoms with E-state index in [9.17, 15) is 5.21 Å². The molecule has 0 amide bonds. The molecule has 0 spiro atoms. The molecule has 0 saturated carbocycles. The highest BCUT2D eigenvalue weighted by Gasteiger charge is 2.28. The summed E-state index contributed by atoms with van der Waals surface area (Å²) in [5, 5.41) is 12.6. The van der Waals surface area contributed by atoms with E-state index >= 15 is 0 Å². The number of para-hydroxylation sites is 1. The summed E-state index contributed by atoms with van der Waals surface area (Å²) in [6, 6.07) is 7.39. The summed E-state index contributed by atoms with van der Waals surface area (Å²) in [6.07, 6.45) is 5.20. The fourth-order valence-electron chi connectivity index (χ4n) is 2.03. The zero-order valence-corrected chi connectivity index (χ0v) is 9.02. The summed E-state index contributed by atoms with van der Waals surface area (Å²) in [4.78, 5) is 3.99. The van der Waals surface area contributed by atoms with Crippen molar-refractivity contribution in [3.8, 4) is 5.75 Å². The molecule has 86 valence electrons. The largest absolute Gasteiger partial charge is 0.490 e. The summed E-state index contributed by atoms with van der Waals surface area (Å²) in [5.74, 6) is 0.747. The molecule has 2 aromatic rings. The van der Waals surface area contributed by atoms with Crippen molar-refractivity contribution in [1.29, 1.82) is 0 Å². The lowest BCUT2D eigenvalue weighted by Gasteiger charge is -2.26. The first-order chi connectivity index (χ1) is 8.40. The van der Waals surface area contributed by atoms with Crippen LogP contribution in [0.3, 0.4) is 0 Å². The number of fused-ring (bicyclic) bond motifs is 1. The first-order valence-electron chi connectivity index (χ1n) is 5.32. The molecular weight excluding hydrogens is 218 g/mol. The zero-order valence-electron chi connectivity index (χ0n) is 9.02. The Kier molecular flexibility index (Phi) is 2.29. The lowest BCUT2D eigenvalue weighted by atomic mass is 10.00. The maximum atomic E-state index is 9.21. The number of hydrogen-bond acceptors (Lipinski definition) is 4. The van der Waals surface area contributed by atoms with E-state index < -0.39 is 0 Å². The van der Waals surface area contributed by atoms with Gasteiger partial charge in [-0.3, -0.25) is 0 Å². The van der Waals surface area contributed by atoms with Crippen LogP contribution >= 0.6 is 0 Å². The van der Waals surface area contributed by atoms with Crippen LogP contribution in [0.2, 0.25) is 0 Å². The van der Waals surface area contributed by atoms with Crippen LogP contribution < -0.4 is 4.74 Å². The molecule has 0 saturated heterocycles. The summed E-state index contributed by atoms with van der Waals surface area (Å²) in [5.41, 5.74) is 1.42. The Morgan fingerprint density at radius 3 is 3.06 bits per heavy atom. The molecule has 3 rings (SSSR count). The van der Waals surface area contributed by atoms with Crippen molar-refractivity contribution in [2.45, 2.75) is 6.04 Å². The van der Waals surface area contributed by atoms with Gasteiger partial charge in [-0.25, -0.2) is 4.98 Å². The number of imidazole rings is 1. The fourth-order valence-corrected chi connectivity index (χ4v) is 2.03. The Labute approximate surface area is 98.0 Å². The Morgan fingerprint density at radius 1 is 1.41 bits per heavy atom. The average Bonchev–Trinajstić information content (AvgIpc) is 2.91. The van der Waals surface area contributed by atoms with Crippen molar-refractivity contribution in [3.63, 3.8) is 0 Å². The highest BCUT2D eigenvalue weighted by atomic mass is 16.5. The van der Waals surface area contributed by atoms with Crippen molar-refractivity contribution in [2.75, 3.05) is 6.61 Å². The molecule has 1 aromatic carbocycles. The third-order valence-electron chi connectivity index (χ3n) is 2.87. The average molecular weight is 229 g/mol. The van der Waals surface area contributed by atoms with Crippen LogP contribution in [-0.2, 0) is 0 Å². The summed E-state index contributed by atoms with van der Waals surface area (Å²) < 4.78 is 7.52. The van der Waals surface area contributed by atoms with Gasteiger partial charge < -0.3 is 14.5 Å². The molecule has 0 radical (unpaired) electrons. The van der Waals surface area contributed by atoms with Gasteiger partial charge in [-0.15, -0.1) is 0 Å². The second-order valence-electron chi connectivity index (χ2n) is 3.82. The molecule has 2 heterocycles. The molecule has 1 aliphatic heterocycles. The van der Waals surface area contributed by atoms with E-state index in [4.69, 9.17) is 4.74 Å². The summed E-state index contributed by atoms with van der Waals surface area (Å²) >= 11 is 0. The molecule has 1 unspecified atom stereocenters. The SMILES string of the molecule is O/N=C1/c2ccccc2OCC1n1ccnc1. The van der Waals surface area contributed by atoms with Gasteiger partial charge >= 0.3 is 0 Å². The van der Waals surface area contributed by atoms with Crippen molar-refractivity contribution < 1.29 is 9.94 Å². The summed E-state index contributed by atoms with van der Waals surface area (Å²) in [6.45, 7) is 0.437. The van der Waals surface area contributed by atoms with Crippen LogP contribution in [0.4, 0.5) is 0 Å². The number of hydrogen-bond donors (Lipinski definition) is 1. The van der Waals surface area contributed by atoms with E-state index in [2.05, 4.69) is 10.1 Å². The lowest BCUT2D eigenvalue weighted by Crippen LogP contribution is -2.30. The zero-order chi connectivity index (χ0) is 11.7. The highest BCUT2D eigenvalue weighted by molar-refractivity contribution is 6.06. The molecule has 1 atom stereocenters. The molecule has 5 heteroatoms. The molecular formula is C12H11N3O2. The van der Waals surface area contributed by atoms with Crippen molar-refractivity contribution in [3.05, 3.63) is 48.5 Å². The van der Waals surface area contributed by atoms with Gasteiger partial charge in [-0.1, -0.05) is 17.3 Å². The van der Waals surface area contributed by atoms with Gasteiger partial charge in [0.15, 0.2) is 0 Å². The topological polar surface area (TPSA) is 59.6 Å². The molecule has 5 nitrogen and oxygen atoms in total. The smallest absolute Gasteiger partial charge is 0.128 e. The van der Waals surface area contributed by atoms with E-state index in [1.807, 2.05) is 35.0 Å². The normalized spacial score (nSPS) is 20.9. The van der Waals surface area contributed by atoms with Crippen molar-refractivity contribution in [2.24, 2.45) is 5.16 Å². The van der Waals surface area contributed by atoms with E-state index in [1.165, 1.54) is 0 Å². The second kappa shape index (κ2) is 3.93. The minimum Gasteiger partial charge on any atom is -0.490 e. The first-order valence-corrected chi connectivity index (χ1v) is 5.32. The van der Waals surface area contributed by atoms with Gasteiger partial charge in [0.2, 0.25) is 0 Å². The van der Waals surface area contributed by atoms with Crippen LogP contribution in [0, 0.1) is 0 Å². The molecule has 1 aromatic heterocycles. The number of benzene rings is 1. The maximum absolute atomic E-state index is 9.21. The predicted molar refractivity (Wildman–Crippen MR) is 61.5 cm³/mol. The molecule has 1 N–H and O–H groups in total. The maximum Gasteiger partial charge on any atom is 0.128 e. The van der Waals surface area contributed by atoms with Gasteiger partial charge in [0.1, 0.15) is 24.1 Å². The van der Waals surface area contributed by atoms with E-state index in [0.29, 0.717) is 12.3 Å². The second-order valence-corrected chi connectivity index (χ2v) is 3.82. The molecule has 1 aliphatic rings. The monoisotopic (exact) mass is 229 g/mol. The quantitative estimate of drug-likeness (QED) is 0.598. The van der Waals surface area contributed by atoms with Gasteiger partial charge in [0.25, 0.3) is 0 Å². The van der Waals surface area contributed by atoms with Crippen molar-refractivity contribution in [1.82, 2.24) is 9.55 Å². The third kappa shape index (κ3) is 1.56. The van der Waals surface area contributed by atoms with Crippen LogP contribution in [0.5, 0.6) is 5.75 Å². The number of rotatable bonds is 1. The van der Waals surface area contributed by atoms with Crippen molar-refractivity contribution >= 4 is 5.71 Å². The Balaban J connectivity index is 2.07. The number of ether oxygens (including phenoxy) is 1. The standard InChI is InChI=1S/C12H11N3O2/c16-14-12-9-3-1-2-4-11(9)17-7-10(12)15-6-5-13-8-15/h1-6,8,10,16H,7H2/b14-12-. The van der Waals surface area contributed by atoms with Crippen LogP contribution in [0.25, 0.3) is 0 Å². The lowest BCUT2D eigenvalue weighted by molar-refractivity contribution is 0.261. The molecule has 0 fully saturated rings. The number of aromatic nitrogens is 2.